The van der Waals surface area contributed by atoms with Crippen molar-refractivity contribution in [3.05, 3.63) is 107 Å². The summed E-state index contributed by atoms with van der Waals surface area (Å²) in [4.78, 5) is 4.90. The summed E-state index contributed by atoms with van der Waals surface area (Å²) in [5.74, 6) is -0.574. The Labute approximate surface area is 207 Å². The monoisotopic (exact) mass is 480 g/mol. The van der Waals surface area contributed by atoms with Crippen LogP contribution in [0.15, 0.2) is 78.9 Å². The summed E-state index contributed by atoms with van der Waals surface area (Å²) in [5.41, 5.74) is 2.94. The van der Waals surface area contributed by atoms with E-state index in [1.807, 2.05) is 6.07 Å². The minimum Gasteiger partial charge on any atom is -0.377 e. The molecule has 0 N–H and O–H groups in total. The van der Waals surface area contributed by atoms with Crippen LogP contribution in [0, 0.1) is 11.6 Å². The third-order valence-electron chi connectivity index (χ3n) is 6.67. The van der Waals surface area contributed by atoms with Crippen molar-refractivity contribution in [3.63, 3.8) is 0 Å². The zero-order chi connectivity index (χ0) is 24.5. The smallest absolute Gasteiger partial charge is 0.123 e. The summed E-state index contributed by atoms with van der Waals surface area (Å²) in [5, 5.41) is 0. The van der Waals surface area contributed by atoms with Gasteiger partial charge in [-0.05, 0) is 47.4 Å². The first kappa shape index (κ1) is 25.5. The van der Waals surface area contributed by atoms with E-state index >= 15 is 0 Å². The molecule has 0 saturated carbocycles. The molecule has 3 aromatic carbocycles. The molecule has 1 fully saturated rings. The average Bonchev–Trinajstić information content (AvgIpc) is 2.90. The zero-order valence-electron chi connectivity index (χ0n) is 20.3. The predicted molar refractivity (Wildman–Crippen MR) is 134 cm³/mol. The van der Waals surface area contributed by atoms with Crippen LogP contribution in [-0.2, 0) is 9.47 Å². The Balaban J connectivity index is 1.24. The summed E-state index contributed by atoms with van der Waals surface area (Å²) >= 11 is 0. The fourth-order valence-corrected chi connectivity index (χ4v) is 4.58. The van der Waals surface area contributed by atoms with Crippen LogP contribution in [0.4, 0.5) is 8.78 Å². The molecule has 4 nitrogen and oxygen atoms in total. The maximum Gasteiger partial charge on any atom is 0.123 e. The molecule has 0 aromatic heterocycles. The molecule has 0 bridgehead atoms. The van der Waals surface area contributed by atoms with Gasteiger partial charge in [0.15, 0.2) is 0 Å². The van der Waals surface area contributed by atoms with Crippen molar-refractivity contribution in [1.82, 2.24) is 9.80 Å². The lowest BCUT2D eigenvalue weighted by atomic mass is 10.0. The molecule has 0 spiro atoms. The molecule has 1 saturated heterocycles. The normalized spacial score (nSPS) is 16.0. The molecule has 6 heteroatoms. The van der Waals surface area contributed by atoms with Gasteiger partial charge in [0.25, 0.3) is 0 Å². The van der Waals surface area contributed by atoms with Gasteiger partial charge in [0, 0.05) is 46.4 Å². The molecule has 4 rings (SSSR count). The SMILES string of the molecule is COC(CCN1CCN(CCOC(c2ccc(F)cc2)c2ccc(F)cc2)CC1)c1ccccc1. The molecule has 1 unspecified atom stereocenters. The Bertz CT molecular complexity index is 962. The molecule has 0 radical (unpaired) electrons. The number of nitrogens with zero attached hydrogens (tertiary/aromatic N) is 2. The van der Waals surface area contributed by atoms with Gasteiger partial charge in [-0.15, -0.1) is 0 Å². The van der Waals surface area contributed by atoms with E-state index in [0.29, 0.717) is 6.61 Å². The van der Waals surface area contributed by atoms with E-state index in [4.69, 9.17) is 9.47 Å². The Hall–Kier alpha value is -2.64. The number of ether oxygens (including phenoxy) is 2. The van der Waals surface area contributed by atoms with Gasteiger partial charge < -0.3 is 14.4 Å². The summed E-state index contributed by atoms with van der Waals surface area (Å²) < 4.78 is 38.8. The lowest BCUT2D eigenvalue weighted by molar-refractivity contribution is 0.0394. The standard InChI is InChI=1S/C29H34F2N2O2/c1-34-28(23-5-3-2-4-6-23)15-16-32-17-19-33(20-18-32)21-22-35-29(24-7-11-26(30)12-8-24)25-9-13-27(31)14-10-25/h2-14,28-29H,15-22H2,1H3. The van der Waals surface area contributed by atoms with Crippen molar-refractivity contribution in [1.29, 1.82) is 0 Å². The van der Waals surface area contributed by atoms with Crippen LogP contribution in [0.25, 0.3) is 0 Å². The van der Waals surface area contributed by atoms with Crippen molar-refractivity contribution in [3.8, 4) is 0 Å². The Morgan fingerprint density at radius 1 is 0.686 bits per heavy atom. The molecule has 1 aliphatic rings. The quantitative estimate of drug-likeness (QED) is 0.364. The van der Waals surface area contributed by atoms with E-state index in [9.17, 15) is 8.78 Å². The van der Waals surface area contributed by atoms with Crippen molar-refractivity contribution < 1.29 is 18.3 Å². The van der Waals surface area contributed by atoms with Crippen LogP contribution in [0.2, 0.25) is 0 Å². The molecule has 1 aliphatic heterocycles. The van der Waals surface area contributed by atoms with Gasteiger partial charge in [0.05, 0.1) is 12.7 Å². The summed E-state index contributed by atoms with van der Waals surface area (Å²) in [6.07, 6.45) is 0.736. The van der Waals surface area contributed by atoms with E-state index in [-0.39, 0.29) is 23.8 Å². The summed E-state index contributed by atoms with van der Waals surface area (Å²) in [6.45, 7) is 6.38. The molecule has 0 aliphatic carbocycles. The Morgan fingerprint density at radius 3 is 1.71 bits per heavy atom. The minimum absolute atomic E-state index is 0.123. The Kier molecular flexibility index (Phi) is 9.37. The van der Waals surface area contributed by atoms with Crippen molar-refractivity contribution >= 4 is 0 Å². The van der Waals surface area contributed by atoms with E-state index in [1.54, 1.807) is 31.4 Å². The maximum absolute atomic E-state index is 13.4. The maximum atomic E-state index is 13.4. The second-order valence-electron chi connectivity index (χ2n) is 8.96. The van der Waals surface area contributed by atoms with Gasteiger partial charge in [-0.1, -0.05) is 54.6 Å². The van der Waals surface area contributed by atoms with Crippen molar-refractivity contribution in [2.24, 2.45) is 0 Å². The van der Waals surface area contributed by atoms with E-state index in [0.717, 1.165) is 56.8 Å². The topological polar surface area (TPSA) is 24.9 Å². The average molecular weight is 481 g/mol. The molecular formula is C29H34F2N2O2. The third kappa shape index (κ3) is 7.42. The molecule has 1 atom stereocenters. The molecule has 186 valence electrons. The lowest BCUT2D eigenvalue weighted by Crippen LogP contribution is -2.47. The zero-order valence-corrected chi connectivity index (χ0v) is 20.3. The fraction of sp³-hybridized carbons (Fsp3) is 0.379. The first-order valence-corrected chi connectivity index (χ1v) is 12.3. The van der Waals surface area contributed by atoms with Gasteiger partial charge in [-0.2, -0.15) is 0 Å². The highest BCUT2D eigenvalue weighted by Gasteiger charge is 2.20. The van der Waals surface area contributed by atoms with Gasteiger partial charge in [-0.3, -0.25) is 4.90 Å². The highest BCUT2D eigenvalue weighted by Crippen LogP contribution is 2.27. The number of rotatable bonds is 11. The van der Waals surface area contributed by atoms with Crippen molar-refractivity contribution in [2.45, 2.75) is 18.6 Å². The van der Waals surface area contributed by atoms with Crippen LogP contribution in [-0.4, -0.2) is 62.8 Å². The number of hydrogen-bond donors (Lipinski definition) is 0. The van der Waals surface area contributed by atoms with Crippen molar-refractivity contribution in [2.75, 3.05) is 53.0 Å². The number of piperazine rings is 1. The Morgan fingerprint density at radius 2 is 1.20 bits per heavy atom. The molecule has 0 amide bonds. The second kappa shape index (κ2) is 12.9. The number of halogens is 2. The molecular weight excluding hydrogens is 446 g/mol. The van der Waals surface area contributed by atoms with Gasteiger partial charge in [0.1, 0.15) is 17.7 Å². The van der Waals surface area contributed by atoms with Crippen LogP contribution < -0.4 is 0 Å². The first-order chi connectivity index (χ1) is 17.1. The van der Waals surface area contributed by atoms with E-state index < -0.39 is 0 Å². The van der Waals surface area contributed by atoms with Gasteiger partial charge in [-0.25, -0.2) is 8.78 Å². The van der Waals surface area contributed by atoms with Gasteiger partial charge >= 0.3 is 0 Å². The van der Waals surface area contributed by atoms with E-state index in [2.05, 4.69) is 34.1 Å². The number of methoxy groups -OCH3 is 1. The predicted octanol–water partition coefficient (Wildman–Crippen LogP) is 5.47. The number of benzene rings is 3. The second-order valence-corrected chi connectivity index (χ2v) is 8.96. The highest BCUT2D eigenvalue weighted by molar-refractivity contribution is 5.30. The summed E-state index contributed by atoms with van der Waals surface area (Å²) in [7, 11) is 1.78. The lowest BCUT2D eigenvalue weighted by Gasteiger charge is -2.35. The van der Waals surface area contributed by atoms with Crippen LogP contribution in [0.5, 0.6) is 0 Å². The van der Waals surface area contributed by atoms with Crippen LogP contribution in [0.3, 0.4) is 0 Å². The summed E-state index contributed by atoms with van der Waals surface area (Å²) in [6, 6.07) is 23.0. The molecule has 1 heterocycles. The fourth-order valence-electron chi connectivity index (χ4n) is 4.58. The van der Waals surface area contributed by atoms with Crippen LogP contribution >= 0.6 is 0 Å². The number of hydrogen-bond acceptors (Lipinski definition) is 4. The largest absolute Gasteiger partial charge is 0.377 e. The van der Waals surface area contributed by atoms with Gasteiger partial charge in [0.2, 0.25) is 0 Å². The van der Waals surface area contributed by atoms with E-state index in [1.165, 1.54) is 29.8 Å². The van der Waals surface area contributed by atoms with Crippen LogP contribution in [0.1, 0.15) is 35.3 Å². The molecule has 35 heavy (non-hydrogen) atoms. The first-order valence-electron chi connectivity index (χ1n) is 12.3. The molecule has 3 aromatic rings. The minimum atomic E-state index is -0.360. The highest BCUT2D eigenvalue weighted by atomic mass is 19.1. The third-order valence-corrected chi connectivity index (χ3v) is 6.67.